The zero-order valence-corrected chi connectivity index (χ0v) is 21.0. The van der Waals surface area contributed by atoms with Crippen LogP contribution in [0.5, 0.6) is 0 Å². The Kier molecular flexibility index (Phi) is 5.25. The molecule has 1 fully saturated rings. The highest BCUT2D eigenvalue weighted by Gasteiger charge is 2.30. The molecule has 0 aliphatic carbocycles. The lowest BCUT2D eigenvalue weighted by Crippen LogP contribution is -2.26. The molecule has 0 spiro atoms. The van der Waals surface area contributed by atoms with E-state index in [0.717, 1.165) is 70.3 Å². The molecular formula is C30H28N6O. The van der Waals surface area contributed by atoms with Crippen molar-refractivity contribution in [3.05, 3.63) is 84.3 Å². The number of ether oxygens (including phenoxy) is 1. The van der Waals surface area contributed by atoms with Crippen LogP contribution in [0.15, 0.2) is 73.1 Å². The Morgan fingerprint density at radius 2 is 1.78 bits per heavy atom. The number of aromatic nitrogens is 6. The summed E-state index contributed by atoms with van der Waals surface area (Å²) in [4.78, 5) is 9.75. The van der Waals surface area contributed by atoms with Gasteiger partial charge < -0.3 is 9.30 Å². The number of nitrogens with zero attached hydrogens (tertiary/aromatic N) is 6. The third kappa shape index (κ3) is 3.53. The molecule has 1 atom stereocenters. The fourth-order valence-electron chi connectivity index (χ4n) is 6.15. The molecule has 7 rings (SSSR count). The Bertz CT molecular complexity index is 1730. The molecule has 184 valence electrons. The van der Waals surface area contributed by atoms with Crippen LogP contribution in [0, 0.1) is 12.8 Å². The summed E-state index contributed by atoms with van der Waals surface area (Å²) in [6.45, 7) is 3.58. The lowest BCUT2D eigenvalue weighted by Gasteiger charge is -2.33. The second-order valence-corrected chi connectivity index (χ2v) is 9.94. The molecule has 2 aromatic carbocycles. The van der Waals surface area contributed by atoms with Crippen molar-refractivity contribution in [2.75, 3.05) is 13.2 Å². The molecule has 0 bridgehead atoms. The second kappa shape index (κ2) is 8.78. The summed E-state index contributed by atoms with van der Waals surface area (Å²) in [6, 6.07) is 21.8. The number of hydrogen-bond donors (Lipinski definition) is 0. The number of pyridine rings is 2. The van der Waals surface area contributed by atoms with E-state index in [9.17, 15) is 0 Å². The van der Waals surface area contributed by atoms with E-state index in [1.54, 1.807) is 0 Å². The summed E-state index contributed by atoms with van der Waals surface area (Å²) in [7, 11) is 1.93. The van der Waals surface area contributed by atoms with Crippen molar-refractivity contribution in [2.24, 2.45) is 13.0 Å². The molecule has 37 heavy (non-hydrogen) atoms. The van der Waals surface area contributed by atoms with Crippen LogP contribution < -0.4 is 0 Å². The molecule has 0 N–H and O–H groups in total. The van der Waals surface area contributed by atoms with Gasteiger partial charge in [0, 0.05) is 49.0 Å². The van der Waals surface area contributed by atoms with Gasteiger partial charge in [0.2, 0.25) is 0 Å². The van der Waals surface area contributed by atoms with Crippen LogP contribution in [-0.4, -0.2) is 42.7 Å². The zero-order chi connectivity index (χ0) is 24.9. The van der Waals surface area contributed by atoms with Crippen LogP contribution in [0.25, 0.3) is 44.1 Å². The maximum absolute atomic E-state index is 5.78. The Morgan fingerprint density at radius 3 is 2.57 bits per heavy atom. The number of rotatable bonds is 4. The van der Waals surface area contributed by atoms with Crippen molar-refractivity contribution in [1.29, 1.82) is 0 Å². The van der Waals surface area contributed by atoms with E-state index < -0.39 is 0 Å². The maximum Gasteiger partial charge on any atom is 0.0967 e. The Hall–Kier alpha value is -4.10. The van der Waals surface area contributed by atoms with E-state index in [1.165, 1.54) is 11.1 Å². The summed E-state index contributed by atoms with van der Waals surface area (Å²) in [6.07, 6.45) is 5.85. The zero-order valence-electron chi connectivity index (χ0n) is 21.0. The van der Waals surface area contributed by atoms with E-state index >= 15 is 0 Å². The van der Waals surface area contributed by atoms with E-state index in [-0.39, 0.29) is 6.04 Å². The molecular weight excluding hydrogens is 460 g/mol. The molecule has 1 aliphatic heterocycles. The highest BCUT2D eigenvalue weighted by Crippen LogP contribution is 2.42. The molecule has 7 nitrogen and oxygen atoms in total. The van der Waals surface area contributed by atoms with Gasteiger partial charge >= 0.3 is 0 Å². The molecule has 0 saturated carbocycles. The molecule has 5 heterocycles. The molecule has 7 heteroatoms. The van der Waals surface area contributed by atoms with Crippen molar-refractivity contribution in [2.45, 2.75) is 25.8 Å². The summed E-state index contributed by atoms with van der Waals surface area (Å²) in [5, 5.41) is 10.8. The van der Waals surface area contributed by atoms with Crippen LogP contribution in [0.3, 0.4) is 0 Å². The first-order valence-electron chi connectivity index (χ1n) is 12.9. The van der Waals surface area contributed by atoms with Crippen molar-refractivity contribution in [1.82, 2.24) is 29.5 Å². The van der Waals surface area contributed by atoms with Gasteiger partial charge in [-0.3, -0.25) is 9.97 Å². The maximum atomic E-state index is 5.78. The smallest absolute Gasteiger partial charge is 0.0967 e. The standard InChI is InChI=1S/C30H28N6O/c1-19-29(35(2)34-33-19)22-17-26-28(32-18-22)27-23-9-6-14-31-24(23)10-11-25(27)36(26)30(20-7-4-3-5-8-20)21-12-15-37-16-13-21/h3-11,14,17-18,21,30H,12-13,15-16H2,1-2H3/t30-/m1/s1. The van der Waals surface area contributed by atoms with E-state index in [0.29, 0.717) is 5.92 Å². The van der Waals surface area contributed by atoms with Gasteiger partial charge in [-0.1, -0.05) is 41.6 Å². The van der Waals surface area contributed by atoms with Crippen LogP contribution in [-0.2, 0) is 11.8 Å². The Labute approximate surface area is 214 Å². The molecule has 1 aliphatic rings. The lowest BCUT2D eigenvalue weighted by molar-refractivity contribution is 0.0553. The van der Waals surface area contributed by atoms with Crippen molar-refractivity contribution >= 4 is 32.8 Å². The van der Waals surface area contributed by atoms with Gasteiger partial charge in [0.1, 0.15) is 0 Å². The van der Waals surface area contributed by atoms with Crippen molar-refractivity contribution in [3.8, 4) is 11.3 Å². The van der Waals surface area contributed by atoms with Gasteiger partial charge in [-0.05, 0) is 55.5 Å². The third-order valence-electron chi connectivity index (χ3n) is 7.79. The summed E-state index contributed by atoms with van der Waals surface area (Å²) in [5.41, 5.74) is 8.48. The number of hydrogen-bond acceptors (Lipinski definition) is 5. The minimum Gasteiger partial charge on any atom is -0.381 e. The minimum atomic E-state index is 0.155. The predicted octanol–water partition coefficient (Wildman–Crippen LogP) is 5.86. The fraction of sp³-hybridized carbons (Fsp3) is 0.267. The quantitative estimate of drug-likeness (QED) is 0.311. The lowest BCUT2D eigenvalue weighted by atomic mass is 9.86. The first-order valence-corrected chi connectivity index (χ1v) is 12.9. The van der Waals surface area contributed by atoms with Gasteiger partial charge in [-0.25, -0.2) is 4.68 Å². The summed E-state index contributed by atoms with van der Waals surface area (Å²) >= 11 is 0. The van der Waals surface area contributed by atoms with Crippen molar-refractivity contribution < 1.29 is 4.74 Å². The molecule has 1 saturated heterocycles. The SMILES string of the molecule is Cc1nnn(C)c1-c1cnc2c3c4cccnc4ccc3n([C@H](c3ccccc3)C3CCOCC3)c2c1. The van der Waals surface area contributed by atoms with Gasteiger partial charge in [-0.2, -0.15) is 0 Å². The molecule has 0 amide bonds. The average Bonchev–Trinajstić information content (AvgIpc) is 3.46. The predicted molar refractivity (Wildman–Crippen MR) is 145 cm³/mol. The molecule has 0 unspecified atom stereocenters. The van der Waals surface area contributed by atoms with Gasteiger partial charge in [0.05, 0.1) is 39.5 Å². The van der Waals surface area contributed by atoms with Crippen LogP contribution >= 0.6 is 0 Å². The van der Waals surface area contributed by atoms with Gasteiger partial charge in [-0.15, -0.1) is 5.10 Å². The highest BCUT2D eigenvalue weighted by atomic mass is 16.5. The van der Waals surface area contributed by atoms with E-state index in [4.69, 9.17) is 9.72 Å². The number of fused-ring (bicyclic) bond motifs is 5. The number of benzene rings is 2. The molecule has 6 aromatic rings. The highest BCUT2D eigenvalue weighted by molar-refractivity contribution is 6.19. The molecule has 4 aromatic heterocycles. The first kappa shape index (κ1) is 22.1. The van der Waals surface area contributed by atoms with E-state index in [2.05, 4.69) is 74.5 Å². The Morgan fingerprint density at radius 1 is 0.946 bits per heavy atom. The third-order valence-corrected chi connectivity index (χ3v) is 7.79. The summed E-state index contributed by atoms with van der Waals surface area (Å²) < 4.78 is 10.1. The molecule has 0 radical (unpaired) electrons. The average molecular weight is 489 g/mol. The van der Waals surface area contributed by atoms with E-state index in [1.807, 2.05) is 37.1 Å². The monoisotopic (exact) mass is 488 g/mol. The van der Waals surface area contributed by atoms with Gasteiger partial charge in [0.15, 0.2) is 0 Å². The minimum absolute atomic E-state index is 0.155. The summed E-state index contributed by atoms with van der Waals surface area (Å²) in [5.74, 6) is 0.448. The van der Waals surface area contributed by atoms with Crippen LogP contribution in [0.4, 0.5) is 0 Å². The van der Waals surface area contributed by atoms with Crippen molar-refractivity contribution in [3.63, 3.8) is 0 Å². The fourth-order valence-corrected chi connectivity index (χ4v) is 6.15. The van der Waals surface area contributed by atoms with Crippen LogP contribution in [0.1, 0.15) is 30.1 Å². The van der Waals surface area contributed by atoms with Gasteiger partial charge in [0.25, 0.3) is 0 Å². The number of aryl methyl sites for hydroxylation is 2. The Balaban J connectivity index is 1.60. The normalized spacial score (nSPS) is 15.6. The topological polar surface area (TPSA) is 70.7 Å². The largest absolute Gasteiger partial charge is 0.381 e. The van der Waals surface area contributed by atoms with Crippen LogP contribution in [0.2, 0.25) is 0 Å². The first-order chi connectivity index (χ1) is 18.2. The second-order valence-electron chi connectivity index (χ2n) is 9.94.